The summed E-state index contributed by atoms with van der Waals surface area (Å²) in [6.07, 6.45) is -2.51. The molecule has 1 amide bonds. The first-order valence-electron chi connectivity index (χ1n) is 15.5. The van der Waals surface area contributed by atoms with E-state index in [0.717, 1.165) is 61.4 Å². The van der Waals surface area contributed by atoms with Crippen molar-refractivity contribution in [1.29, 1.82) is 5.26 Å². The normalized spacial score (nSPS) is 21.0. The van der Waals surface area contributed by atoms with Crippen molar-refractivity contribution >= 4 is 23.2 Å². The molecule has 2 aromatic carbocycles. The van der Waals surface area contributed by atoms with Crippen molar-refractivity contribution in [3.63, 3.8) is 0 Å². The van der Waals surface area contributed by atoms with E-state index in [1.165, 1.54) is 6.33 Å². The van der Waals surface area contributed by atoms with Gasteiger partial charge in [0.05, 0.1) is 50.8 Å². The first-order chi connectivity index (χ1) is 22.9. The third-order valence-corrected chi connectivity index (χ3v) is 8.69. The van der Waals surface area contributed by atoms with Crippen LogP contribution in [0.3, 0.4) is 0 Å². The highest BCUT2D eigenvalue weighted by Crippen LogP contribution is 2.34. The maximum absolute atomic E-state index is 14.9. The van der Waals surface area contributed by atoms with E-state index < -0.39 is 30.9 Å². The number of alkyl halides is 1. The SMILES string of the molecule is COc1cc(Nc2ncnc(-c3ccc(O[C@H]4CCN(C(=O)[C@@H](O)CO)C[C@@H]4F)c(C#N)c3)n2)ccc1N1CCN(C2COC2)CC1. The van der Waals surface area contributed by atoms with Gasteiger partial charge in [0.25, 0.3) is 5.91 Å². The minimum atomic E-state index is -1.59. The number of methoxy groups -OCH3 is 1. The van der Waals surface area contributed by atoms with Crippen LogP contribution in [0.15, 0.2) is 42.7 Å². The number of hydrogen-bond donors (Lipinski definition) is 3. The van der Waals surface area contributed by atoms with Crippen molar-refractivity contribution in [1.82, 2.24) is 24.8 Å². The Balaban J connectivity index is 1.10. The van der Waals surface area contributed by atoms with Gasteiger partial charge in [-0.1, -0.05) is 0 Å². The first kappa shape index (κ1) is 32.3. The van der Waals surface area contributed by atoms with E-state index in [1.807, 2.05) is 18.2 Å². The predicted molar refractivity (Wildman–Crippen MR) is 168 cm³/mol. The fourth-order valence-electron chi connectivity index (χ4n) is 5.93. The maximum Gasteiger partial charge on any atom is 0.253 e. The number of aliphatic hydroxyl groups is 2. The zero-order valence-electron chi connectivity index (χ0n) is 26.0. The van der Waals surface area contributed by atoms with Crippen LogP contribution in [0.5, 0.6) is 11.5 Å². The molecular weight excluding hydrogens is 611 g/mol. The molecule has 15 heteroatoms. The summed E-state index contributed by atoms with van der Waals surface area (Å²) in [5.74, 6) is 0.809. The molecule has 1 aromatic heterocycles. The van der Waals surface area contributed by atoms with Crippen LogP contribution >= 0.6 is 0 Å². The fourth-order valence-corrected chi connectivity index (χ4v) is 5.93. The topological polar surface area (TPSA) is 169 Å². The molecule has 3 aliphatic heterocycles. The lowest BCUT2D eigenvalue weighted by atomic mass is 10.0. The Morgan fingerprint density at radius 2 is 1.96 bits per heavy atom. The summed E-state index contributed by atoms with van der Waals surface area (Å²) >= 11 is 0. The number of piperazine rings is 1. The van der Waals surface area contributed by atoms with Gasteiger partial charge < -0.3 is 39.5 Å². The molecule has 3 N–H and O–H groups in total. The van der Waals surface area contributed by atoms with Crippen LogP contribution in [0.25, 0.3) is 11.4 Å². The van der Waals surface area contributed by atoms with E-state index in [2.05, 4.69) is 36.1 Å². The fraction of sp³-hybridized carbons (Fsp3) is 0.469. The molecule has 47 heavy (non-hydrogen) atoms. The van der Waals surface area contributed by atoms with Gasteiger partial charge >= 0.3 is 0 Å². The number of hydrogen-bond acceptors (Lipinski definition) is 13. The van der Waals surface area contributed by atoms with E-state index in [-0.39, 0.29) is 30.8 Å². The summed E-state index contributed by atoms with van der Waals surface area (Å²) in [6.45, 7) is 4.49. The molecule has 0 unspecified atom stereocenters. The number of aromatic nitrogens is 3. The Labute approximate surface area is 271 Å². The number of ether oxygens (including phenoxy) is 3. The molecule has 0 radical (unpaired) electrons. The lowest BCUT2D eigenvalue weighted by molar-refractivity contribution is -0.146. The molecule has 0 bridgehead atoms. The summed E-state index contributed by atoms with van der Waals surface area (Å²) in [6, 6.07) is 13.3. The predicted octanol–water partition coefficient (Wildman–Crippen LogP) is 1.35. The monoisotopic (exact) mass is 648 g/mol. The average Bonchev–Trinajstić information content (AvgIpc) is 3.08. The van der Waals surface area contributed by atoms with Crippen LogP contribution < -0.4 is 19.7 Å². The van der Waals surface area contributed by atoms with E-state index in [0.29, 0.717) is 23.4 Å². The summed E-state index contributed by atoms with van der Waals surface area (Å²) in [7, 11) is 1.65. The molecule has 3 atom stereocenters. The summed E-state index contributed by atoms with van der Waals surface area (Å²) < 4.78 is 31.9. The zero-order valence-corrected chi connectivity index (χ0v) is 26.0. The number of nitrogens with one attached hydrogen (secondary N) is 1. The number of nitrogens with zero attached hydrogens (tertiary/aromatic N) is 7. The Kier molecular flexibility index (Phi) is 9.92. The van der Waals surface area contributed by atoms with Crippen molar-refractivity contribution in [3.05, 3.63) is 48.3 Å². The number of halogens is 1. The van der Waals surface area contributed by atoms with Crippen molar-refractivity contribution in [2.45, 2.75) is 30.8 Å². The Morgan fingerprint density at radius 1 is 1.15 bits per heavy atom. The number of likely N-dealkylation sites (tertiary alicyclic amines) is 1. The van der Waals surface area contributed by atoms with Crippen LogP contribution in [0.1, 0.15) is 12.0 Å². The van der Waals surface area contributed by atoms with E-state index in [9.17, 15) is 19.6 Å². The lowest BCUT2D eigenvalue weighted by Gasteiger charge is -2.43. The number of carbonyl (C=O) groups excluding carboxylic acids is 1. The molecule has 248 valence electrons. The molecule has 14 nitrogen and oxygen atoms in total. The largest absolute Gasteiger partial charge is 0.495 e. The number of nitriles is 1. The summed E-state index contributed by atoms with van der Waals surface area (Å²) in [4.78, 5) is 31.1. The highest BCUT2D eigenvalue weighted by atomic mass is 19.1. The van der Waals surface area contributed by atoms with Crippen LogP contribution in [-0.4, -0.2) is 131 Å². The molecular formula is C32H37FN8O6. The summed E-state index contributed by atoms with van der Waals surface area (Å²) in [5, 5.41) is 31.6. The minimum absolute atomic E-state index is 0.143. The van der Waals surface area contributed by atoms with Crippen LogP contribution in [0, 0.1) is 11.3 Å². The van der Waals surface area contributed by atoms with Crippen LogP contribution in [0.2, 0.25) is 0 Å². The molecule has 6 rings (SSSR count). The molecule has 4 heterocycles. The Hall–Kier alpha value is -4.62. The Bertz CT molecular complexity index is 1610. The van der Waals surface area contributed by atoms with Gasteiger partial charge in [0.2, 0.25) is 5.95 Å². The van der Waals surface area contributed by atoms with Gasteiger partial charge in [-0.2, -0.15) is 10.2 Å². The number of carbonyl (C=O) groups is 1. The molecule has 3 fully saturated rings. The van der Waals surface area contributed by atoms with E-state index >= 15 is 0 Å². The van der Waals surface area contributed by atoms with Crippen LogP contribution in [-0.2, 0) is 9.53 Å². The standard InChI is InChI=1S/C32H37FN8O6/c1-45-29-13-22(3-4-25(29)40-10-8-39(9-11-40)23-17-46-18-23)37-32-36-19-35-30(38-32)20-2-5-27(21(12-20)14-34)47-28-6-7-41(15-24(28)33)31(44)26(43)16-42/h2-5,12-13,19,23-24,26,28,42-43H,6-11,15-18H2,1H3,(H,35,36,37,38)/t24-,26-,28-/m0/s1. The number of amides is 1. The van der Waals surface area contributed by atoms with E-state index in [4.69, 9.17) is 19.3 Å². The second kappa shape index (κ2) is 14.4. The van der Waals surface area contributed by atoms with Gasteiger partial charge in [0, 0.05) is 56.5 Å². The molecule has 0 aliphatic carbocycles. The van der Waals surface area contributed by atoms with Gasteiger partial charge in [-0.3, -0.25) is 9.69 Å². The molecule has 3 aromatic rings. The second-order valence-corrected chi connectivity index (χ2v) is 11.6. The smallest absolute Gasteiger partial charge is 0.253 e. The number of piperidine rings is 1. The number of anilines is 3. The molecule has 0 spiro atoms. The average molecular weight is 649 g/mol. The second-order valence-electron chi connectivity index (χ2n) is 11.6. The van der Waals surface area contributed by atoms with Crippen molar-refractivity contribution in [2.75, 3.05) is 76.4 Å². The highest BCUT2D eigenvalue weighted by molar-refractivity contribution is 5.81. The third-order valence-electron chi connectivity index (χ3n) is 8.69. The number of rotatable bonds is 10. The summed E-state index contributed by atoms with van der Waals surface area (Å²) in [5.41, 5.74) is 2.45. The van der Waals surface area contributed by atoms with Gasteiger partial charge in [-0.25, -0.2) is 14.4 Å². The maximum atomic E-state index is 14.9. The quantitative estimate of drug-likeness (QED) is 0.288. The van der Waals surface area contributed by atoms with Gasteiger partial charge in [0.1, 0.15) is 30.0 Å². The number of aliphatic hydroxyl groups excluding tert-OH is 2. The van der Waals surface area contributed by atoms with Gasteiger partial charge in [0.15, 0.2) is 18.1 Å². The van der Waals surface area contributed by atoms with Crippen LogP contribution in [0.4, 0.5) is 21.7 Å². The van der Waals surface area contributed by atoms with E-state index in [1.54, 1.807) is 25.3 Å². The molecule has 3 aliphatic rings. The third kappa shape index (κ3) is 7.20. The van der Waals surface area contributed by atoms with Gasteiger partial charge in [-0.15, -0.1) is 0 Å². The lowest BCUT2D eigenvalue weighted by Crippen LogP contribution is -2.56. The highest BCUT2D eigenvalue weighted by Gasteiger charge is 2.35. The molecule has 3 saturated heterocycles. The number of benzene rings is 2. The Morgan fingerprint density at radius 3 is 2.64 bits per heavy atom. The van der Waals surface area contributed by atoms with Crippen molar-refractivity contribution in [3.8, 4) is 29.0 Å². The van der Waals surface area contributed by atoms with Gasteiger partial charge in [-0.05, 0) is 30.3 Å². The van der Waals surface area contributed by atoms with Crippen molar-refractivity contribution in [2.24, 2.45) is 0 Å². The first-order valence-corrected chi connectivity index (χ1v) is 15.5. The molecule has 0 saturated carbocycles. The zero-order chi connectivity index (χ0) is 32.9. The van der Waals surface area contributed by atoms with Crippen molar-refractivity contribution < 1.29 is 33.6 Å². The minimum Gasteiger partial charge on any atom is -0.495 e.